The number of fused-ring (bicyclic) bond motifs is 3. The van der Waals surface area contributed by atoms with Crippen LogP contribution in [0.4, 0.5) is 0 Å². The predicted molar refractivity (Wildman–Crippen MR) is 58.1 cm³/mol. The fourth-order valence-electron chi connectivity index (χ4n) is 2.14. The van der Waals surface area contributed by atoms with Crippen molar-refractivity contribution in [1.29, 1.82) is 0 Å². The van der Waals surface area contributed by atoms with E-state index >= 15 is 0 Å². The lowest BCUT2D eigenvalue weighted by Gasteiger charge is -2.23. The van der Waals surface area contributed by atoms with Gasteiger partial charge in [-0.3, -0.25) is 0 Å². The van der Waals surface area contributed by atoms with Gasteiger partial charge in [-0.25, -0.2) is 9.97 Å². The molecule has 0 fully saturated rings. The van der Waals surface area contributed by atoms with Crippen LogP contribution in [0.2, 0.25) is 0 Å². The van der Waals surface area contributed by atoms with E-state index in [0.717, 1.165) is 17.7 Å². The molecule has 0 saturated carbocycles. The van der Waals surface area contributed by atoms with Crippen molar-refractivity contribution in [2.24, 2.45) is 5.73 Å². The Bertz CT molecular complexity index is 508. The molecule has 1 heterocycles. The molecule has 1 unspecified atom stereocenters. The summed E-state index contributed by atoms with van der Waals surface area (Å²) in [5.41, 5.74) is 10.6. The lowest BCUT2D eigenvalue weighted by molar-refractivity contribution is 0.684. The summed E-state index contributed by atoms with van der Waals surface area (Å²) in [5.74, 6) is 0. The van der Waals surface area contributed by atoms with Crippen LogP contribution in [0.25, 0.3) is 11.1 Å². The van der Waals surface area contributed by atoms with Gasteiger partial charge in [-0.2, -0.15) is 0 Å². The quantitative estimate of drug-likeness (QED) is 0.699. The Balaban J connectivity index is 2.30. The molecule has 1 aliphatic carbocycles. The van der Waals surface area contributed by atoms with Crippen LogP contribution in [0.3, 0.4) is 0 Å². The number of hydrogen-bond acceptors (Lipinski definition) is 3. The zero-order chi connectivity index (χ0) is 10.3. The summed E-state index contributed by atoms with van der Waals surface area (Å²) in [5, 5.41) is 0. The zero-order valence-corrected chi connectivity index (χ0v) is 8.22. The van der Waals surface area contributed by atoms with Crippen molar-refractivity contribution >= 4 is 0 Å². The first kappa shape index (κ1) is 8.56. The molecule has 2 N–H and O–H groups in total. The van der Waals surface area contributed by atoms with E-state index in [1.807, 2.05) is 18.3 Å². The van der Waals surface area contributed by atoms with Crippen molar-refractivity contribution in [2.75, 3.05) is 0 Å². The third-order valence-electron chi connectivity index (χ3n) is 2.84. The first-order valence-corrected chi connectivity index (χ1v) is 5.00. The van der Waals surface area contributed by atoms with E-state index in [0.29, 0.717) is 0 Å². The van der Waals surface area contributed by atoms with Crippen LogP contribution >= 0.6 is 0 Å². The molecule has 3 heteroatoms. The molecule has 3 nitrogen and oxygen atoms in total. The molecule has 0 aliphatic heterocycles. The van der Waals surface area contributed by atoms with Crippen LogP contribution < -0.4 is 5.73 Å². The van der Waals surface area contributed by atoms with E-state index in [4.69, 9.17) is 5.73 Å². The second kappa shape index (κ2) is 3.14. The molecule has 0 bridgehead atoms. The van der Waals surface area contributed by atoms with Gasteiger partial charge in [-0.15, -0.1) is 0 Å². The number of rotatable bonds is 0. The van der Waals surface area contributed by atoms with Crippen LogP contribution in [0.1, 0.15) is 17.3 Å². The summed E-state index contributed by atoms with van der Waals surface area (Å²) < 4.78 is 0. The monoisotopic (exact) mass is 197 g/mol. The molecule has 1 aliphatic rings. The third-order valence-corrected chi connectivity index (χ3v) is 2.84. The Kier molecular flexibility index (Phi) is 1.79. The number of nitrogens with two attached hydrogens (primary N) is 1. The molecule has 2 aromatic rings. The van der Waals surface area contributed by atoms with Gasteiger partial charge in [-0.05, 0) is 17.5 Å². The average molecular weight is 197 g/mol. The standard InChI is InChI=1S/C12H11N3/c13-11-5-8-3-1-2-4-9(8)10-6-14-7-15-12(10)11/h1-4,6-7,11H,5,13H2. The van der Waals surface area contributed by atoms with Gasteiger partial charge in [0.15, 0.2) is 0 Å². The molecule has 0 saturated heterocycles. The van der Waals surface area contributed by atoms with Gasteiger partial charge in [0.2, 0.25) is 0 Å². The van der Waals surface area contributed by atoms with Gasteiger partial charge < -0.3 is 5.73 Å². The zero-order valence-electron chi connectivity index (χ0n) is 8.22. The van der Waals surface area contributed by atoms with E-state index in [9.17, 15) is 0 Å². The molecular weight excluding hydrogens is 186 g/mol. The molecule has 3 rings (SSSR count). The van der Waals surface area contributed by atoms with Crippen molar-refractivity contribution in [3.8, 4) is 11.1 Å². The summed E-state index contributed by atoms with van der Waals surface area (Å²) in [6.45, 7) is 0. The molecule has 0 radical (unpaired) electrons. The van der Waals surface area contributed by atoms with Crippen molar-refractivity contribution in [3.63, 3.8) is 0 Å². The first-order valence-electron chi connectivity index (χ1n) is 5.00. The Morgan fingerprint density at radius 1 is 1.20 bits per heavy atom. The molecular formula is C12H11N3. The van der Waals surface area contributed by atoms with E-state index in [2.05, 4.69) is 22.1 Å². The second-order valence-electron chi connectivity index (χ2n) is 3.79. The van der Waals surface area contributed by atoms with Gasteiger partial charge in [0, 0.05) is 11.8 Å². The molecule has 1 aromatic carbocycles. The van der Waals surface area contributed by atoms with E-state index in [1.54, 1.807) is 6.33 Å². The summed E-state index contributed by atoms with van der Waals surface area (Å²) in [4.78, 5) is 8.33. The van der Waals surface area contributed by atoms with Gasteiger partial charge in [-0.1, -0.05) is 24.3 Å². The molecule has 0 amide bonds. The van der Waals surface area contributed by atoms with Crippen molar-refractivity contribution in [1.82, 2.24) is 9.97 Å². The van der Waals surface area contributed by atoms with Crippen LogP contribution in [0.15, 0.2) is 36.8 Å². The van der Waals surface area contributed by atoms with Crippen molar-refractivity contribution < 1.29 is 0 Å². The highest BCUT2D eigenvalue weighted by atomic mass is 14.9. The summed E-state index contributed by atoms with van der Waals surface area (Å²) in [6, 6.07) is 8.29. The van der Waals surface area contributed by atoms with E-state index < -0.39 is 0 Å². The Hall–Kier alpha value is -1.74. The van der Waals surface area contributed by atoms with Crippen LogP contribution in [0.5, 0.6) is 0 Å². The van der Waals surface area contributed by atoms with Gasteiger partial charge in [0.25, 0.3) is 0 Å². The summed E-state index contributed by atoms with van der Waals surface area (Å²) in [6.07, 6.45) is 4.27. The normalized spacial score (nSPS) is 18.1. The average Bonchev–Trinajstić information content (AvgIpc) is 2.30. The smallest absolute Gasteiger partial charge is 0.115 e. The maximum atomic E-state index is 6.07. The lowest BCUT2D eigenvalue weighted by atomic mass is 9.87. The summed E-state index contributed by atoms with van der Waals surface area (Å²) >= 11 is 0. The number of nitrogens with zero attached hydrogens (tertiary/aromatic N) is 2. The largest absolute Gasteiger partial charge is 0.322 e. The second-order valence-corrected chi connectivity index (χ2v) is 3.79. The first-order chi connectivity index (χ1) is 7.36. The summed E-state index contributed by atoms with van der Waals surface area (Å²) in [7, 11) is 0. The topological polar surface area (TPSA) is 51.8 Å². The predicted octanol–water partition coefficient (Wildman–Crippen LogP) is 1.70. The number of hydrogen-bond donors (Lipinski definition) is 1. The Morgan fingerprint density at radius 2 is 2.07 bits per heavy atom. The highest BCUT2D eigenvalue weighted by Crippen LogP contribution is 2.35. The van der Waals surface area contributed by atoms with E-state index in [1.165, 1.54) is 11.1 Å². The van der Waals surface area contributed by atoms with E-state index in [-0.39, 0.29) is 6.04 Å². The SMILES string of the molecule is NC1Cc2ccccc2-c2cncnc21. The Labute approximate surface area is 88.0 Å². The third kappa shape index (κ3) is 1.24. The highest BCUT2D eigenvalue weighted by molar-refractivity contribution is 5.71. The van der Waals surface area contributed by atoms with Gasteiger partial charge >= 0.3 is 0 Å². The van der Waals surface area contributed by atoms with Crippen molar-refractivity contribution in [3.05, 3.63) is 48.0 Å². The van der Waals surface area contributed by atoms with Gasteiger partial charge in [0.05, 0.1) is 11.7 Å². The molecule has 0 spiro atoms. The van der Waals surface area contributed by atoms with Crippen LogP contribution in [-0.4, -0.2) is 9.97 Å². The van der Waals surface area contributed by atoms with Crippen molar-refractivity contribution in [2.45, 2.75) is 12.5 Å². The maximum Gasteiger partial charge on any atom is 0.115 e. The fourth-order valence-corrected chi connectivity index (χ4v) is 2.14. The maximum absolute atomic E-state index is 6.07. The van der Waals surface area contributed by atoms with Gasteiger partial charge in [0.1, 0.15) is 6.33 Å². The van der Waals surface area contributed by atoms with Crippen LogP contribution in [0, 0.1) is 0 Å². The van der Waals surface area contributed by atoms with Crippen LogP contribution in [-0.2, 0) is 6.42 Å². The minimum Gasteiger partial charge on any atom is -0.322 e. The Morgan fingerprint density at radius 3 is 3.00 bits per heavy atom. The number of aromatic nitrogens is 2. The minimum atomic E-state index is -0.00194. The lowest BCUT2D eigenvalue weighted by Crippen LogP contribution is -2.20. The minimum absolute atomic E-state index is 0.00194. The molecule has 1 atom stereocenters. The molecule has 74 valence electrons. The fraction of sp³-hybridized carbons (Fsp3) is 0.167. The number of benzene rings is 1. The molecule has 1 aromatic heterocycles. The highest BCUT2D eigenvalue weighted by Gasteiger charge is 2.22. The molecule has 15 heavy (non-hydrogen) atoms.